The molecule has 0 fully saturated rings. The molecule has 1 N–H and O–H groups in total. The van der Waals surface area contributed by atoms with Gasteiger partial charge in [0.25, 0.3) is 0 Å². The van der Waals surface area contributed by atoms with Crippen LogP contribution in [0.5, 0.6) is 0 Å². The standard InChI is InChI=1S/C23H23ClN4O2S/c1-2-15-28(21(30)13-8-17-6-4-3-5-7-17)16-14-20(29)25-23-27-26-22(31-23)18-9-11-19(24)12-10-18/h3-13H,2,14-16H2,1H3,(H,25,27,29)/b13-8+. The van der Waals surface area contributed by atoms with E-state index in [2.05, 4.69) is 15.5 Å². The smallest absolute Gasteiger partial charge is 0.246 e. The summed E-state index contributed by atoms with van der Waals surface area (Å²) in [5, 5.41) is 12.7. The van der Waals surface area contributed by atoms with Crippen molar-refractivity contribution in [3.63, 3.8) is 0 Å². The SMILES string of the molecule is CCCN(CCC(=O)Nc1nnc(-c2ccc(Cl)cc2)s1)C(=O)/C=C/c1ccccc1. The van der Waals surface area contributed by atoms with Gasteiger partial charge in [-0.15, -0.1) is 10.2 Å². The van der Waals surface area contributed by atoms with Gasteiger partial charge < -0.3 is 10.2 Å². The highest BCUT2D eigenvalue weighted by molar-refractivity contribution is 7.18. The molecule has 1 heterocycles. The van der Waals surface area contributed by atoms with Crippen molar-refractivity contribution in [2.75, 3.05) is 18.4 Å². The molecule has 0 atom stereocenters. The van der Waals surface area contributed by atoms with Crippen LogP contribution in [0.3, 0.4) is 0 Å². The molecule has 0 aliphatic carbocycles. The average molecular weight is 455 g/mol. The van der Waals surface area contributed by atoms with E-state index < -0.39 is 0 Å². The molecular formula is C23H23ClN4O2S. The van der Waals surface area contributed by atoms with Crippen LogP contribution in [0.25, 0.3) is 16.6 Å². The number of amides is 2. The van der Waals surface area contributed by atoms with Crippen molar-refractivity contribution >= 4 is 46.0 Å². The molecule has 1 aromatic heterocycles. The fourth-order valence-corrected chi connectivity index (χ4v) is 3.73. The highest BCUT2D eigenvalue weighted by Crippen LogP contribution is 2.27. The minimum atomic E-state index is -0.209. The lowest BCUT2D eigenvalue weighted by Crippen LogP contribution is -2.33. The van der Waals surface area contributed by atoms with Crippen LogP contribution in [-0.4, -0.2) is 40.0 Å². The summed E-state index contributed by atoms with van der Waals surface area (Å²) in [6.07, 6.45) is 4.32. The van der Waals surface area contributed by atoms with E-state index in [0.717, 1.165) is 17.5 Å². The molecule has 8 heteroatoms. The molecule has 0 aliphatic rings. The zero-order valence-electron chi connectivity index (χ0n) is 17.1. The first kappa shape index (κ1) is 22.7. The van der Waals surface area contributed by atoms with E-state index in [0.29, 0.717) is 28.3 Å². The minimum Gasteiger partial charge on any atom is -0.339 e. The van der Waals surface area contributed by atoms with Crippen molar-refractivity contribution in [3.8, 4) is 10.6 Å². The molecule has 0 saturated carbocycles. The number of benzene rings is 2. The number of aromatic nitrogens is 2. The Kier molecular flexibility index (Phi) is 8.32. The van der Waals surface area contributed by atoms with E-state index in [-0.39, 0.29) is 18.2 Å². The molecule has 0 aliphatic heterocycles. The topological polar surface area (TPSA) is 75.2 Å². The van der Waals surface area contributed by atoms with E-state index in [1.165, 1.54) is 11.3 Å². The van der Waals surface area contributed by atoms with Crippen molar-refractivity contribution in [1.82, 2.24) is 15.1 Å². The van der Waals surface area contributed by atoms with E-state index >= 15 is 0 Å². The normalized spacial score (nSPS) is 10.9. The quantitative estimate of drug-likeness (QED) is 0.454. The summed E-state index contributed by atoms with van der Waals surface area (Å²) < 4.78 is 0. The monoisotopic (exact) mass is 454 g/mol. The summed E-state index contributed by atoms with van der Waals surface area (Å²) in [5.74, 6) is -0.320. The van der Waals surface area contributed by atoms with Gasteiger partial charge in [-0.25, -0.2) is 0 Å². The van der Waals surface area contributed by atoms with Crippen LogP contribution in [0, 0.1) is 0 Å². The van der Waals surface area contributed by atoms with Crippen LogP contribution in [-0.2, 0) is 9.59 Å². The van der Waals surface area contributed by atoms with Gasteiger partial charge in [0, 0.05) is 36.2 Å². The summed E-state index contributed by atoms with van der Waals surface area (Å²) in [5.41, 5.74) is 1.84. The molecule has 3 rings (SSSR count). The Labute approximate surface area is 190 Å². The lowest BCUT2D eigenvalue weighted by Gasteiger charge is -2.20. The third-order valence-corrected chi connectivity index (χ3v) is 5.53. The van der Waals surface area contributed by atoms with Crippen LogP contribution in [0.15, 0.2) is 60.7 Å². The number of nitrogens with zero attached hydrogens (tertiary/aromatic N) is 3. The molecule has 160 valence electrons. The lowest BCUT2D eigenvalue weighted by atomic mass is 10.2. The first-order valence-electron chi connectivity index (χ1n) is 9.96. The van der Waals surface area contributed by atoms with Gasteiger partial charge in [0.1, 0.15) is 5.01 Å². The van der Waals surface area contributed by atoms with Crippen LogP contribution in [0.1, 0.15) is 25.3 Å². The Hall–Kier alpha value is -3.03. The summed E-state index contributed by atoms with van der Waals surface area (Å²) in [7, 11) is 0. The number of nitrogens with one attached hydrogen (secondary N) is 1. The van der Waals surface area contributed by atoms with Gasteiger partial charge in [0.2, 0.25) is 16.9 Å². The number of carbonyl (C=O) groups is 2. The third-order valence-electron chi connectivity index (χ3n) is 4.39. The van der Waals surface area contributed by atoms with Gasteiger partial charge in [0.15, 0.2) is 0 Å². The van der Waals surface area contributed by atoms with Crippen molar-refractivity contribution in [1.29, 1.82) is 0 Å². The lowest BCUT2D eigenvalue weighted by molar-refractivity contribution is -0.126. The Morgan fingerprint density at radius 3 is 2.52 bits per heavy atom. The van der Waals surface area contributed by atoms with Gasteiger partial charge in [-0.1, -0.05) is 72.3 Å². The Morgan fingerprint density at radius 1 is 1.06 bits per heavy atom. The molecule has 2 aromatic carbocycles. The van der Waals surface area contributed by atoms with Gasteiger partial charge >= 0.3 is 0 Å². The van der Waals surface area contributed by atoms with Crippen LogP contribution < -0.4 is 5.32 Å². The first-order valence-corrected chi connectivity index (χ1v) is 11.2. The summed E-state index contributed by atoms with van der Waals surface area (Å²) in [6.45, 7) is 2.92. The number of halogens is 1. The van der Waals surface area contributed by atoms with Crippen molar-refractivity contribution in [3.05, 3.63) is 71.3 Å². The molecule has 2 amide bonds. The maximum Gasteiger partial charge on any atom is 0.246 e. The molecule has 3 aromatic rings. The highest BCUT2D eigenvalue weighted by atomic mass is 35.5. The summed E-state index contributed by atoms with van der Waals surface area (Å²) >= 11 is 7.19. The van der Waals surface area contributed by atoms with Crippen molar-refractivity contribution in [2.24, 2.45) is 0 Å². The number of carbonyl (C=O) groups excluding carboxylic acids is 2. The Morgan fingerprint density at radius 2 is 1.81 bits per heavy atom. The fraction of sp³-hybridized carbons (Fsp3) is 0.217. The van der Waals surface area contributed by atoms with Crippen LogP contribution >= 0.6 is 22.9 Å². The fourth-order valence-electron chi connectivity index (χ4n) is 2.84. The zero-order chi connectivity index (χ0) is 22.1. The van der Waals surface area contributed by atoms with Gasteiger partial charge in [-0.3, -0.25) is 9.59 Å². The van der Waals surface area contributed by atoms with Gasteiger partial charge in [-0.2, -0.15) is 0 Å². The first-order chi connectivity index (χ1) is 15.0. The molecule has 31 heavy (non-hydrogen) atoms. The third kappa shape index (κ3) is 7.01. The summed E-state index contributed by atoms with van der Waals surface area (Å²) in [6, 6.07) is 16.9. The Balaban J connectivity index is 1.53. The molecule has 0 radical (unpaired) electrons. The molecule has 0 bridgehead atoms. The van der Waals surface area contributed by atoms with Crippen molar-refractivity contribution < 1.29 is 9.59 Å². The van der Waals surface area contributed by atoms with E-state index in [1.807, 2.05) is 49.4 Å². The Bertz CT molecular complexity index is 1040. The predicted octanol–water partition coefficient (Wildman–Crippen LogP) is 5.14. The zero-order valence-corrected chi connectivity index (χ0v) is 18.7. The second-order valence-corrected chi connectivity index (χ2v) is 8.20. The van der Waals surface area contributed by atoms with Crippen LogP contribution in [0.2, 0.25) is 5.02 Å². The molecular weight excluding hydrogens is 432 g/mol. The number of anilines is 1. The molecule has 0 unspecified atom stereocenters. The second-order valence-electron chi connectivity index (χ2n) is 6.79. The van der Waals surface area contributed by atoms with Gasteiger partial charge in [-0.05, 0) is 30.2 Å². The average Bonchev–Trinajstić information content (AvgIpc) is 3.24. The van der Waals surface area contributed by atoms with Crippen LogP contribution in [0.4, 0.5) is 5.13 Å². The van der Waals surface area contributed by atoms with E-state index in [1.54, 1.807) is 29.2 Å². The van der Waals surface area contributed by atoms with E-state index in [4.69, 9.17) is 11.6 Å². The number of rotatable bonds is 9. The van der Waals surface area contributed by atoms with Gasteiger partial charge in [0.05, 0.1) is 0 Å². The number of hydrogen-bond donors (Lipinski definition) is 1. The summed E-state index contributed by atoms with van der Waals surface area (Å²) in [4.78, 5) is 26.6. The largest absolute Gasteiger partial charge is 0.339 e. The highest BCUT2D eigenvalue weighted by Gasteiger charge is 2.14. The molecule has 6 nitrogen and oxygen atoms in total. The van der Waals surface area contributed by atoms with Crippen molar-refractivity contribution in [2.45, 2.75) is 19.8 Å². The number of hydrogen-bond acceptors (Lipinski definition) is 5. The molecule has 0 spiro atoms. The van der Waals surface area contributed by atoms with E-state index in [9.17, 15) is 9.59 Å². The minimum absolute atomic E-state index is 0.112. The maximum atomic E-state index is 12.5. The maximum absolute atomic E-state index is 12.5. The predicted molar refractivity (Wildman–Crippen MR) is 126 cm³/mol. The second kappa shape index (κ2) is 11.4. The molecule has 0 saturated heterocycles.